The molecule has 0 unspecified atom stereocenters. The quantitative estimate of drug-likeness (QED) is 0.593. The van der Waals surface area contributed by atoms with E-state index in [2.05, 4.69) is 41.8 Å². The number of hydrogen-bond acceptors (Lipinski definition) is 2. The van der Waals surface area contributed by atoms with E-state index in [0.717, 1.165) is 30.7 Å². The first-order valence-corrected chi connectivity index (χ1v) is 8.38. The second kappa shape index (κ2) is 9.16. The SMILES string of the molecule is CCCCNC(=S)N[C@@H](c1ccccc1)c1ccc(OC)cc1. The summed E-state index contributed by atoms with van der Waals surface area (Å²) in [6.45, 7) is 3.06. The smallest absolute Gasteiger partial charge is 0.167 e. The van der Waals surface area contributed by atoms with E-state index >= 15 is 0 Å². The fraction of sp³-hybridized carbons (Fsp3) is 0.316. The maximum absolute atomic E-state index is 5.45. The van der Waals surface area contributed by atoms with Crippen LogP contribution in [0.1, 0.15) is 36.9 Å². The predicted molar refractivity (Wildman–Crippen MR) is 99.9 cm³/mol. The molecule has 1 atom stereocenters. The highest BCUT2D eigenvalue weighted by atomic mass is 32.1. The molecule has 2 rings (SSSR count). The minimum Gasteiger partial charge on any atom is -0.497 e. The summed E-state index contributed by atoms with van der Waals surface area (Å²) in [6, 6.07) is 18.4. The molecule has 23 heavy (non-hydrogen) atoms. The van der Waals surface area contributed by atoms with E-state index in [1.54, 1.807) is 7.11 Å². The third kappa shape index (κ3) is 5.25. The van der Waals surface area contributed by atoms with Gasteiger partial charge < -0.3 is 15.4 Å². The van der Waals surface area contributed by atoms with E-state index in [4.69, 9.17) is 17.0 Å². The minimum atomic E-state index is 0.0173. The topological polar surface area (TPSA) is 33.3 Å². The normalized spacial score (nSPS) is 11.6. The number of methoxy groups -OCH3 is 1. The zero-order chi connectivity index (χ0) is 16.5. The molecule has 0 heterocycles. The molecule has 4 heteroatoms. The molecule has 0 aliphatic carbocycles. The molecule has 2 aromatic carbocycles. The number of hydrogen-bond donors (Lipinski definition) is 2. The maximum atomic E-state index is 5.45. The lowest BCUT2D eigenvalue weighted by Crippen LogP contribution is -2.38. The lowest BCUT2D eigenvalue weighted by molar-refractivity contribution is 0.414. The Bertz CT molecular complexity index is 599. The van der Waals surface area contributed by atoms with Crippen LogP contribution in [0.4, 0.5) is 0 Å². The van der Waals surface area contributed by atoms with Crippen LogP contribution in [0.15, 0.2) is 54.6 Å². The van der Waals surface area contributed by atoms with E-state index in [-0.39, 0.29) is 6.04 Å². The Hall–Kier alpha value is -2.07. The monoisotopic (exact) mass is 328 g/mol. The highest BCUT2D eigenvalue weighted by Crippen LogP contribution is 2.24. The fourth-order valence-electron chi connectivity index (χ4n) is 2.36. The van der Waals surface area contributed by atoms with Crippen LogP contribution in [0, 0.1) is 0 Å². The van der Waals surface area contributed by atoms with Crippen LogP contribution in [0.5, 0.6) is 5.75 Å². The second-order valence-electron chi connectivity index (χ2n) is 5.37. The first-order chi connectivity index (χ1) is 11.2. The Balaban J connectivity index is 2.16. The number of thiocarbonyl (C=S) groups is 1. The van der Waals surface area contributed by atoms with Crippen molar-refractivity contribution in [3.8, 4) is 5.75 Å². The maximum Gasteiger partial charge on any atom is 0.167 e. The van der Waals surface area contributed by atoms with Gasteiger partial charge in [-0.05, 0) is 41.9 Å². The number of nitrogens with one attached hydrogen (secondary N) is 2. The molecule has 122 valence electrons. The van der Waals surface area contributed by atoms with Crippen LogP contribution in [0.3, 0.4) is 0 Å². The average Bonchev–Trinajstić information content (AvgIpc) is 2.61. The van der Waals surface area contributed by atoms with Gasteiger partial charge in [0, 0.05) is 6.54 Å². The first-order valence-electron chi connectivity index (χ1n) is 7.98. The molecule has 0 saturated heterocycles. The fourth-order valence-corrected chi connectivity index (χ4v) is 2.58. The Morgan fingerprint density at radius 1 is 1.04 bits per heavy atom. The van der Waals surface area contributed by atoms with Gasteiger partial charge in [-0.25, -0.2) is 0 Å². The van der Waals surface area contributed by atoms with Crippen molar-refractivity contribution in [1.82, 2.24) is 10.6 Å². The van der Waals surface area contributed by atoms with E-state index in [9.17, 15) is 0 Å². The summed E-state index contributed by atoms with van der Waals surface area (Å²) in [5.74, 6) is 0.851. The largest absolute Gasteiger partial charge is 0.497 e. The van der Waals surface area contributed by atoms with Crippen LogP contribution < -0.4 is 15.4 Å². The number of rotatable bonds is 7. The molecular formula is C19H24N2OS. The Morgan fingerprint density at radius 2 is 1.70 bits per heavy atom. The second-order valence-corrected chi connectivity index (χ2v) is 5.78. The van der Waals surface area contributed by atoms with Crippen LogP contribution in [0.2, 0.25) is 0 Å². The van der Waals surface area contributed by atoms with Crippen LogP contribution in [-0.4, -0.2) is 18.8 Å². The molecule has 0 aromatic heterocycles. The highest BCUT2D eigenvalue weighted by Gasteiger charge is 2.15. The lowest BCUT2D eigenvalue weighted by atomic mass is 9.99. The van der Waals surface area contributed by atoms with Crippen molar-refractivity contribution in [3.05, 3.63) is 65.7 Å². The van der Waals surface area contributed by atoms with Gasteiger partial charge in [0.25, 0.3) is 0 Å². The zero-order valence-corrected chi connectivity index (χ0v) is 14.5. The van der Waals surface area contributed by atoms with Crippen molar-refractivity contribution < 1.29 is 4.74 Å². The molecule has 0 bridgehead atoms. The summed E-state index contributed by atoms with van der Waals surface area (Å²) in [5, 5.41) is 7.38. The highest BCUT2D eigenvalue weighted by molar-refractivity contribution is 7.80. The molecule has 0 aliphatic heterocycles. The standard InChI is InChI=1S/C19H24N2OS/c1-3-4-14-20-19(23)21-18(15-8-6-5-7-9-15)16-10-12-17(22-2)13-11-16/h5-13,18H,3-4,14H2,1-2H3,(H2,20,21,23)/t18-/m0/s1. The molecule has 0 fully saturated rings. The molecule has 0 aliphatic rings. The summed E-state index contributed by atoms with van der Waals surface area (Å²) < 4.78 is 5.24. The molecular weight excluding hydrogens is 304 g/mol. The minimum absolute atomic E-state index is 0.0173. The van der Waals surface area contributed by atoms with Gasteiger partial charge in [-0.15, -0.1) is 0 Å². The van der Waals surface area contributed by atoms with Crippen molar-refractivity contribution in [2.24, 2.45) is 0 Å². The van der Waals surface area contributed by atoms with Crippen molar-refractivity contribution >= 4 is 17.3 Å². The predicted octanol–water partition coefficient (Wildman–Crippen LogP) is 4.05. The van der Waals surface area contributed by atoms with E-state index in [0.29, 0.717) is 5.11 Å². The zero-order valence-electron chi connectivity index (χ0n) is 13.7. The summed E-state index contributed by atoms with van der Waals surface area (Å²) in [4.78, 5) is 0. The van der Waals surface area contributed by atoms with E-state index in [1.807, 2.05) is 30.3 Å². The van der Waals surface area contributed by atoms with Crippen molar-refractivity contribution in [1.29, 1.82) is 0 Å². The van der Waals surface area contributed by atoms with Gasteiger partial charge in [0.15, 0.2) is 5.11 Å². The lowest BCUT2D eigenvalue weighted by Gasteiger charge is -2.22. The van der Waals surface area contributed by atoms with Gasteiger partial charge in [0.05, 0.1) is 13.2 Å². The van der Waals surface area contributed by atoms with Gasteiger partial charge in [-0.2, -0.15) is 0 Å². The molecule has 0 saturated carbocycles. The summed E-state index contributed by atoms with van der Waals surface area (Å²) in [6.07, 6.45) is 2.26. The van der Waals surface area contributed by atoms with E-state index in [1.165, 1.54) is 5.56 Å². The third-order valence-corrected chi connectivity index (χ3v) is 3.94. The summed E-state index contributed by atoms with van der Waals surface area (Å²) in [5.41, 5.74) is 2.33. The Labute approximate surface area is 144 Å². The van der Waals surface area contributed by atoms with Crippen LogP contribution >= 0.6 is 12.2 Å². The van der Waals surface area contributed by atoms with Crippen LogP contribution in [0.25, 0.3) is 0 Å². The molecule has 2 aromatic rings. The molecule has 3 nitrogen and oxygen atoms in total. The summed E-state index contributed by atoms with van der Waals surface area (Å²) >= 11 is 5.45. The van der Waals surface area contributed by atoms with Crippen molar-refractivity contribution in [3.63, 3.8) is 0 Å². The van der Waals surface area contributed by atoms with Crippen LogP contribution in [-0.2, 0) is 0 Å². The van der Waals surface area contributed by atoms with Gasteiger partial charge in [-0.3, -0.25) is 0 Å². The first kappa shape index (κ1) is 17.3. The van der Waals surface area contributed by atoms with Crippen molar-refractivity contribution in [2.45, 2.75) is 25.8 Å². The Kier molecular flexibility index (Phi) is 6.88. The van der Waals surface area contributed by atoms with Gasteiger partial charge >= 0.3 is 0 Å². The molecule has 0 radical (unpaired) electrons. The third-order valence-electron chi connectivity index (χ3n) is 3.67. The number of unbranched alkanes of at least 4 members (excludes halogenated alkanes) is 1. The molecule has 2 N–H and O–H groups in total. The summed E-state index contributed by atoms with van der Waals surface area (Å²) in [7, 11) is 1.68. The molecule has 0 spiro atoms. The number of benzene rings is 2. The number of ether oxygens (including phenoxy) is 1. The Morgan fingerprint density at radius 3 is 2.30 bits per heavy atom. The molecule has 0 amide bonds. The van der Waals surface area contributed by atoms with Gasteiger partial charge in [0.1, 0.15) is 5.75 Å². The average molecular weight is 328 g/mol. The van der Waals surface area contributed by atoms with Gasteiger partial charge in [0.2, 0.25) is 0 Å². The van der Waals surface area contributed by atoms with E-state index < -0.39 is 0 Å². The van der Waals surface area contributed by atoms with Gasteiger partial charge in [-0.1, -0.05) is 55.8 Å². The van der Waals surface area contributed by atoms with Crippen molar-refractivity contribution in [2.75, 3.05) is 13.7 Å².